The highest BCUT2D eigenvalue weighted by atomic mass is 32.2. The number of nitrogens with zero attached hydrogens (tertiary/aromatic N) is 3. The van der Waals surface area contributed by atoms with E-state index in [1.807, 2.05) is 18.2 Å². The summed E-state index contributed by atoms with van der Waals surface area (Å²) in [5, 5.41) is 2.97. The molecule has 0 aliphatic carbocycles. The number of sulfonamides is 1. The molecule has 23 heavy (non-hydrogen) atoms. The Morgan fingerprint density at radius 1 is 1.30 bits per heavy atom. The van der Waals surface area contributed by atoms with Crippen LogP contribution in [0.25, 0.3) is 0 Å². The number of nitrogens with one attached hydrogen (secondary N) is 1. The number of ether oxygens (including phenoxy) is 1. The van der Waals surface area contributed by atoms with Gasteiger partial charge in [0.05, 0.1) is 12.3 Å². The van der Waals surface area contributed by atoms with Crippen molar-refractivity contribution in [2.75, 3.05) is 32.1 Å². The molecule has 0 spiro atoms. The molecule has 7 nitrogen and oxygen atoms in total. The molecule has 1 aliphatic heterocycles. The Labute approximate surface area is 135 Å². The lowest BCUT2D eigenvalue weighted by molar-refractivity contribution is -0.00486. The molecule has 3 heterocycles. The molecule has 1 N–H and O–H groups in total. The summed E-state index contributed by atoms with van der Waals surface area (Å²) in [4.78, 5) is 8.51. The third-order valence-corrected chi connectivity index (χ3v) is 5.51. The van der Waals surface area contributed by atoms with Gasteiger partial charge in [-0.25, -0.2) is 13.4 Å². The fourth-order valence-electron chi connectivity index (χ4n) is 2.44. The Bertz CT molecular complexity index is 767. The number of hydrogen-bond donors (Lipinski definition) is 1. The predicted octanol–water partition coefficient (Wildman–Crippen LogP) is 1.28. The number of morpholine rings is 1. The monoisotopic (exact) mass is 334 g/mol. The van der Waals surface area contributed by atoms with Crippen molar-refractivity contribution in [2.24, 2.45) is 0 Å². The highest BCUT2D eigenvalue weighted by Gasteiger charge is 2.32. The molecule has 0 saturated carbocycles. The van der Waals surface area contributed by atoms with Crippen LogP contribution in [0.3, 0.4) is 0 Å². The minimum absolute atomic E-state index is 0.192. The van der Waals surface area contributed by atoms with Crippen molar-refractivity contribution < 1.29 is 13.2 Å². The van der Waals surface area contributed by atoms with Crippen LogP contribution in [0.4, 0.5) is 5.82 Å². The van der Waals surface area contributed by atoms with Gasteiger partial charge < -0.3 is 10.1 Å². The minimum Gasteiger partial charge on any atom is -0.373 e. The van der Waals surface area contributed by atoms with Gasteiger partial charge in [-0.15, -0.1) is 0 Å². The van der Waals surface area contributed by atoms with E-state index >= 15 is 0 Å². The van der Waals surface area contributed by atoms with Crippen LogP contribution in [0.2, 0.25) is 0 Å². The molecule has 1 atom stereocenters. The van der Waals surface area contributed by atoms with E-state index in [1.54, 1.807) is 25.4 Å². The summed E-state index contributed by atoms with van der Waals surface area (Å²) < 4.78 is 32.5. The second-order valence-electron chi connectivity index (χ2n) is 5.11. The van der Waals surface area contributed by atoms with Crippen LogP contribution in [0.15, 0.2) is 47.6 Å². The highest BCUT2D eigenvalue weighted by Crippen LogP contribution is 2.25. The lowest BCUT2D eigenvalue weighted by Crippen LogP contribution is -2.42. The lowest BCUT2D eigenvalue weighted by Gasteiger charge is -2.31. The van der Waals surface area contributed by atoms with Gasteiger partial charge in [0.15, 0.2) is 0 Å². The van der Waals surface area contributed by atoms with Gasteiger partial charge in [-0.05, 0) is 24.3 Å². The maximum atomic E-state index is 12.7. The number of hydrogen-bond acceptors (Lipinski definition) is 6. The Kier molecular flexibility index (Phi) is 4.56. The van der Waals surface area contributed by atoms with Gasteiger partial charge >= 0.3 is 0 Å². The van der Waals surface area contributed by atoms with Crippen LogP contribution in [0.1, 0.15) is 11.8 Å². The van der Waals surface area contributed by atoms with Crippen molar-refractivity contribution in [1.29, 1.82) is 0 Å². The lowest BCUT2D eigenvalue weighted by atomic mass is 10.2. The molecule has 0 unspecified atom stereocenters. The van der Waals surface area contributed by atoms with Crippen molar-refractivity contribution in [3.63, 3.8) is 0 Å². The maximum absolute atomic E-state index is 12.7. The van der Waals surface area contributed by atoms with E-state index in [0.29, 0.717) is 18.8 Å². The number of anilines is 1. The Balaban J connectivity index is 1.83. The summed E-state index contributed by atoms with van der Waals surface area (Å²) in [6.45, 7) is 0.881. The first-order valence-corrected chi connectivity index (χ1v) is 8.72. The SMILES string of the molecule is CNc1cccc([C@@H]2CN(S(=O)(=O)c3cccnc3)CCO2)n1. The first-order valence-electron chi connectivity index (χ1n) is 7.28. The largest absolute Gasteiger partial charge is 0.373 e. The zero-order valence-electron chi connectivity index (χ0n) is 12.7. The van der Waals surface area contributed by atoms with Gasteiger partial charge in [0.1, 0.15) is 16.8 Å². The summed E-state index contributed by atoms with van der Waals surface area (Å²) in [6.07, 6.45) is 2.53. The predicted molar refractivity (Wildman–Crippen MR) is 85.5 cm³/mol. The molecule has 122 valence electrons. The van der Waals surface area contributed by atoms with E-state index in [1.165, 1.54) is 10.5 Å². The quantitative estimate of drug-likeness (QED) is 0.907. The smallest absolute Gasteiger partial charge is 0.244 e. The van der Waals surface area contributed by atoms with Gasteiger partial charge in [0.2, 0.25) is 10.0 Å². The molecule has 3 rings (SSSR count). The Hall–Kier alpha value is -2.03. The van der Waals surface area contributed by atoms with Crippen LogP contribution in [-0.2, 0) is 14.8 Å². The first kappa shape index (κ1) is 15.9. The highest BCUT2D eigenvalue weighted by molar-refractivity contribution is 7.89. The normalized spacial score (nSPS) is 19.4. The van der Waals surface area contributed by atoms with Crippen molar-refractivity contribution in [2.45, 2.75) is 11.0 Å². The third-order valence-electron chi connectivity index (χ3n) is 3.66. The van der Waals surface area contributed by atoms with Gasteiger partial charge in [0.25, 0.3) is 0 Å². The van der Waals surface area contributed by atoms with E-state index in [0.717, 1.165) is 5.82 Å². The molecule has 2 aromatic rings. The van der Waals surface area contributed by atoms with Crippen LogP contribution in [0, 0.1) is 0 Å². The van der Waals surface area contributed by atoms with Gasteiger partial charge in [-0.3, -0.25) is 4.98 Å². The van der Waals surface area contributed by atoms with E-state index in [9.17, 15) is 8.42 Å². The zero-order valence-corrected chi connectivity index (χ0v) is 13.5. The third kappa shape index (κ3) is 3.34. The molecule has 0 amide bonds. The number of rotatable bonds is 4. The second-order valence-corrected chi connectivity index (χ2v) is 7.05. The Morgan fingerprint density at radius 2 is 2.17 bits per heavy atom. The van der Waals surface area contributed by atoms with Gasteiger partial charge in [-0.2, -0.15) is 4.31 Å². The average molecular weight is 334 g/mol. The molecule has 8 heteroatoms. The first-order chi connectivity index (χ1) is 11.1. The fourth-order valence-corrected chi connectivity index (χ4v) is 3.83. The number of pyridine rings is 2. The van der Waals surface area contributed by atoms with Crippen LogP contribution in [0.5, 0.6) is 0 Å². The molecular weight excluding hydrogens is 316 g/mol. The van der Waals surface area contributed by atoms with Crippen LogP contribution >= 0.6 is 0 Å². The second kappa shape index (κ2) is 6.61. The van der Waals surface area contributed by atoms with Gasteiger partial charge in [-0.1, -0.05) is 6.07 Å². The molecule has 0 bridgehead atoms. The van der Waals surface area contributed by atoms with Crippen LogP contribution < -0.4 is 5.32 Å². The molecule has 0 aromatic carbocycles. The van der Waals surface area contributed by atoms with Crippen molar-refractivity contribution in [1.82, 2.24) is 14.3 Å². The Morgan fingerprint density at radius 3 is 2.91 bits per heavy atom. The van der Waals surface area contributed by atoms with Crippen molar-refractivity contribution in [3.8, 4) is 0 Å². The van der Waals surface area contributed by atoms with E-state index in [4.69, 9.17) is 4.74 Å². The van der Waals surface area contributed by atoms with Crippen molar-refractivity contribution in [3.05, 3.63) is 48.4 Å². The molecule has 0 radical (unpaired) electrons. The maximum Gasteiger partial charge on any atom is 0.244 e. The fraction of sp³-hybridized carbons (Fsp3) is 0.333. The molecule has 2 aromatic heterocycles. The molecular formula is C15H18N4O3S. The summed E-state index contributed by atoms with van der Waals surface area (Å²) in [7, 11) is -1.79. The molecule has 1 aliphatic rings. The van der Waals surface area contributed by atoms with E-state index in [-0.39, 0.29) is 17.5 Å². The summed E-state index contributed by atoms with van der Waals surface area (Å²) in [5.41, 5.74) is 0.711. The number of aromatic nitrogens is 2. The van der Waals surface area contributed by atoms with Gasteiger partial charge in [0, 0.05) is 32.5 Å². The molecule has 1 fully saturated rings. The summed E-state index contributed by atoms with van der Waals surface area (Å²) in [6, 6.07) is 8.71. The van der Waals surface area contributed by atoms with Crippen molar-refractivity contribution >= 4 is 15.8 Å². The van der Waals surface area contributed by atoms with Crippen LogP contribution in [-0.4, -0.2) is 49.4 Å². The average Bonchev–Trinajstić information content (AvgIpc) is 2.62. The molecule has 1 saturated heterocycles. The van der Waals surface area contributed by atoms with E-state index in [2.05, 4.69) is 15.3 Å². The zero-order chi connectivity index (χ0) is 16.3. The topological polar surface area (TPSA) is 84.4 Å². The van der Waals surface area contributed by atoms with E-state index < -0.39 is 10.0 Å². The summed E-state index contributed by atoms with van der Waals surface area (Å²) in [5.74, 6) is 0.721. The minimum atomic E-state index is -3.57. The summed E-state index contributed by atoms with van der Waals surface area (Å²) >= 11 is 0. The standard InChI is InChI=1S/C15H18N4O3S/c1-16-15-6-2-5-13(18-15)14-11-19(8-9-22-14)23(20,21)12-4-3-7-17-10-12/h2-7,10,14H,8-9,11H2,1H3,(H,16,18)/t14-/m0/s1.